The minimum atomic E-state index is -0.417. The van der Waals surface area contributed by atoms with E-state index >= 15 is 0 Å². The van der Waals surface area contributed by atoms with E-state index in [0.29, 0.717) is 25.5 Å². The predicted octanol–water partition coefficient (Wildman–Crippen LogP) is 3.35. The van der Waals surface area contributed by atoms with Crippen molar-refractivity contribution in [3.05, 3.63) is 53.4 Å². The van der Waals surface area contributed by atoms with Crippen molar-refractivity contribution in [3.8, 4) is 6.07 Å². The summed E-state index contributed by atoms with van der Waals surface area (Å²) in [5.41, 5.74) is 2.42. The van der Waals surface area contributed by atoms with Gasteiger partial charge in [0.05, 0.1) is 24.0 Å². The third-order valence-electron chi connectivity index (χ3n) is 4.91. The Kier molecular flexibility index (Phi) is 5.49. The van der Waals surface area contributed by atoms with E-state index in [9.17, 15) is 10.1 Å². The van der Waals surface area contributed by atoms with Gasteiger partial charge in [-0.1, -0.05) is 30.3 Å². The molecule has 1 unspecified atom stereocenters. The fraction of sp³-hybridized carbons (Fsp3) is 0.300. The van der Waals surface area contributed by atoms with Crippen molar-refractivity contribution in [2.24, 2.45) is 0 Å². The summed E-state index contributed by atoms with van der Waals surface area (Å²) in [5, 5.41) is 9.43. The van der Waals surface area contributed by atoms with E-state index in [0.717, 1.165) is 16.6 Å². The highest BCUT2D eigenvalue weighted by Crippen LogP contribution is 2.27. The number of nitrogens with zero attached hydrogens (tertiary/aromatic N) is 5. The van der Waals surface area contributed by atoms with Crippen LogP contribution in [0.3, 0.4) is 0 Å². The second-order valence-electron chi connectivity index (χ2n) is 6.75. The highest BCUT2D eigenvalue weighted by Gasteiger charge is 2.33. The highest BCUT2D eigenvalue weighted by atomic mass is 35.5. The van der Waals surface area contributed by atoms with Gasteiger partial charge in [-0.3, -0.25) is 0 Å². The van der Waals surface area contributed by atoms with Gasteiger partial charge >= 0.3 is 6.09 Å². The number of hydrogen-bond donors (Lipinski definition) is 1. The normalized spacial score (nSPS) is 16.6. The van der Waals surface area contributed by atoms with E-state index in [1.54, 1.807) is 11.1 Å². The Morgan fingerprint density at radius 1 is 1.28 bits per heavy atom. The number of fused-ring (bicyclic) bond motifs is 1. The lowest BCUT2D eigenvalue weighted by atomic mass is 10.1. The smallest absolute Gasteiger partial charge is 0.410 e. The molecule has 1 atom stereocenters. The first kappa shape index (κ1) is 19.0. The molecule has 3 heterocycles. The van der Waals surface area contributed by atoms with Gasteiger partial charge in [0.25, 0.3) is 0 Å². The second-order valence-corrected chi connectivity index (χ2v) is 7.09. The largest absolute Gasteiger partial charge is 0.445 e. The van der Waals surface area contributed by atoms with Crippen LogP contribution in [0.2, 0.25) is 5.28 Å². The predicted molar refractivity (Wildman–Crippen MR) is 108 cm³/mol. The van der Waals surface area contributed by atoms with Gasteiger partial charge in [-0.15, -0.1) is 0 Å². The molecule has 9 heteroatoms. The molecular weight excluding hydrogens is 392 g/mol. The van der Waals surface area contributed by atoms with Gasteiger partial charge in [0, 0.05) is 25.8 Å². The number of rotatable bonds is 4. The number of anilines is 1. The molecule has 2 aromatic heterocycles. The lowest BCUT2D eigenvalue weighted by Gasteiger charge is -2.40. The number of hydrogen-bond acceptors (Lipinski definition) is 6. The monoisotopic (exact) mass is 410 g/mol. The summed E-state index contributed by atoms with van der Waals surface area (Å²) >= 11 is 6.08. The summed E-state index contributed by atoms with van der Waals surface area (Å²) in [6.45, 7) is 1.62. The first-order valence-corrected chi connectivity index (χ1v) is 9.63. The maximum Gasteiger partial charge on any atom is 0.410 e. The third-order valence-corrected chi connectivity index (χ3v) is 5.08. The molecule has 8 nitrogen and oxygen atoms in total. The number of carbonyl (C=O) groups is 1. The van der Waals surface area contributed by atoms with Crippen molar-refractivity contribution in [2.75, 3.05) is 24.5 Å². The lowest BCUT2D eigenvalue weighted by molar-refractivity contribution is 0.0768. The van der Waals surface area contributed by atoms with Crippen LogP contribution in [-0.2, 0) is 11.3 Å². The molecule has 0 bridgehead atoms. The Morgan fingerprint density at radius 3 is 2.90 bits per heavy atom. The van der Waals surface area contributed by atoms with Gasteiger partial charge in [-0.05, 0) is 23.2 Å². The zero-order chi connectivity index (χ0) is 20.2. The number of H-pyrrole nitrogens is 1. The van der Waals surface area contributed by atoms with E-state index in [1.165, 1.54) is 0 Å². The molecule has 1 aliphatic rings. The molecule has 0 spiro atoms. The molecule has 29 heavy (non-hydrogen) atoms. The molecule has 1 saturated heterocycles. The first-order chi connectivity index (χ1) is 14.2. The third kappa shape index (κ3) is 4.10. The molecule has 148 valence electrons. The molecule has 0 saturated carbocycles. The second kappa shape index (κ2) is 8.37. The Morgan fingerprint density at radius 2 is 2.10 bits per heavy atom. The molecule has 0 radical (unpaired) electrons. The molecule has 1 amide bonds. The van der Waals surface area contributed by atoms with Crippen LogP contribution in [0.5, 0.6) is 0 Å². The summed E-state index contributed by atoms with van der Waals surface area (Å²) in [5.74, 6) is 0.672. The molecule has 1 fully saturated rings. The van der Waals surface area contributed by atoms with Crippen LogP contribution in [0.1, 0.15) is 12.0 Å². The topological polar surface area (TPSA) is 98.1 Å². The van der Waals surface area contributed by atoms with Crippen molar-refractivity contribution >= 4 is 34.5 Å². The van der Waals surface area contributed by atoms with Crippen LogP contribution in [0.25, 0.3) is 11.0 Å². The van der Waals surface area contributed by atoms with E-state index in [-0.39, 0.29) is 24.4 Å². The first-order valence-electron chi connectivity index (χ1n) is 9.25. The van der Waals surface area contributed by atoms with E-state index in [4.69, 9.17) is 16.3 Å². The number of nitriles is 1. The minimum absolute atomic E-state index is 0.161. The van der Waals surface area contributed by atoms with Crippen LogP contribution in [0.4, 0.5) is 10.6 Å². The van der Waals surface area contributed by atoms with Crippen molar-refractivity contribution < 1.29 is 9.53 Å². The van der Waals surface area contributed by atoms with E-state index < -0.39 is 6.09 Å². The molecule has 4 rings (SSSR count). The quantitative estimate of drug-likeness (QED) is 0.662. The van der Waals surface area contributed by atoms with Crippen molar-refractivity contribution in [3.63, 3.8) is 0 Å². The number of benzene rings is 1. The molecule has 3 aromatic rings. The standard InChI is InChI=1S/C20H19ClN6O2/c21-19-24-16-7-9-23-17(16)18(25-19)26-10-11-27(15(12-26)6-8-22)20(28)29-13-14-4-2-1-3-5-14/h1-5,7,9,15,23H,6,10-13H2. The molecule has 1 aromatic carbocycles. The maximum atomic E-state index is 12.6. The fourth-order valence-corrected chi connectivity index (χ4v) is 3.67. The van der Waals surface area contributed by atoms with Crippen LogP contribution in [0, 0.1) is 11.3 Å². The maximum absolute atomic E-state index is 12.6. The average molecular weight is 411 g/mol. The number of aromatic amines is 1. The summed E-state index contributed by atoms with van der Waals surface area (Å²) in [7, 11) is 0. The molecule has 1 aliphatic heterocycles. The number of halogens is 1. The zero-order valence-electron chi connectivity index (χ0n) is 15.6. The van der Waals surface area contributed by atoms with Crippen molar-refractivity contribution in [1.82, 2.24) is 19.9 Å². The van der Waals surface area contributed by atoms with E-state index in [1.807, 2.05) is 41.3 Å². The molecular formula is C20H19ClN6O2. The number of amides is 1. The van der Waals surface area contributed by atoms with Gasteiger partial charge in [0.1, 0.15) is 12.1 Å². The highest BCUT2D eigenvalue weighted by molar-refractivity contribution is 6.28. The van der Waals surface area contributed by atoms with E-state index in [2.05, 4.69) is 21.0 Å². The van der Waals surface area contributed by atoms with Crippen LogP contribution >= 0.6 is 11.6 Å². The summed E-state index contributed by atoms with van der Waals surface area (Å²) in [6.07, 6.45) is 1.56. The minimum Gasteiger partial charge on any atom is -0.445 e. The number of aromatic nitrogens is 3. The number of carbonyl (C=O) groups excluding carboxylic acids is 1. The van der Waals surface area contributed by atoms with Crippen LogP contribution in [0.15, 0.2) is 42.6 Å². The summed E-state index contributed by atoms with van der Waals surface area (Å²) in [6, 6.07) is 13.2. The molecule has 1 N–H and O–H groups in total. The lowest BCUT2D eigenvalue weighted by Crippen LogP contribution is -2.55. The van der Waals surface area contributed by atoms with Gasteiger partial charge in [-0.2, -0.15) is 10.2 Å². The van der Waals surface area contributed by atoms with Gasteiger partial charge in [-0.25, -0.2) is 9.78 Å². The summed E-state index contributed by atoms with van der Waals surface area (Å²) in [4.78, 5) is 28.0. The van der Waals surface area contributed by atoms with Gasteiger partial charge in [0.15, 0.2) is 5.82 Å². The average Bonchev–Trinajstić information content (AvgIpc) is 3.21. The van der Waals surface area contributed by atoms with Crippen LogP contribution < -0.4 is 4.90 Å². The Bertz CT molecular complexity index is 1050. The SMILES string of the molecule is N#CCC1CN(c2nc(Cl)nc3cc[nH]c23)CCN1C(=O)OCc1ccccc1. The molecule has 0 aliphatic carbocycles. The zero-order valence-corrected chi connectivity index (χ0v) is 16.3. The van der Waals surface area contributed by atoms with Crippen LogP contribution in [-0.4, -0.2) is 51.6 Å². The van der Waals surface area contributed by atoms with Gasteiger partial charge < -0.3 is 19.5 Å². The van der Waals surface area contributed by atoms with Crippen molar-refractivity contribution in [1.29, 1.82) is 5.26 Å². The van der Waals surface area contributed by atoms with Gasteiger partial charge in [0.2, 0.25) is 5.28 Å². The summed E-state index contributed by atoms with van der Waals surface area (Å²) < 4.78 is 5.47. The number of piperazine rings is 1. The Hall–Kier alpha value is -3.31. The number of nitrogens with one attached hydrogen (secondary N) is 1. The number of ether oxygens (including phenoxy) is 1. The Balaban J connectivity index is 1.49. The van der Waals surface area contributed by atoms with Crippen molar-refractivity contribution in [2.45, 2.75) is 19.1 Å². The Labute approximate surface area is 172 Å². The fourth-order valence-electron chi connectivity index (χ4n) is 3.50.